The first kappa shape index (κ1) is 25.8. The van der Waals surface area contributed by atoms with E-state index < -0.39 is 0 Å². The van der Waals surface area contributed by atoms with Crippen LogP contribution in [-0.2, 0) is 11.3 Å². The molecule has 2 aromatic carbocycles. The minimum absolute atomic E-state index is 0.0465. The van der Waals surface area contributed by atoms with Crippen LogP contribution in [0.3, 0.4) is 0 Å². The van der Waals surface area contributed by atoms with Gasteiger partial charge in [0.15, 0.2) is 0 Å². The highest BCUT2D eigenvalue weighted by atomic mass is 16.5. The molecule has 0 radical (unpaired) electrons. The van der Waals surface area contributed by atoms with E-state index in [1.165, 1.54) is 5.56 Å². The Morgan fingerprint density at radius 1 is 1.08 bits per heavy atom. The first-order chi connectivity index (χ1) is 17.5. The third-order valence-corrected chi connectivity index (χ3v) is 6.72. The summed E-state index contributed by atoms with van der Waals surface area (Å²) < 4.78 is 13.2. The van der Waals surface area contributed by atoms with Crippen molar-refractivity contribution in [2.75, 3.05) is 33.4 Å². The number of hydrogen-bond donors (Lipinski definition) is 0. The number of aryl methyl sites for hydroxylation is 1. The Morgan fingerprint density at radius 2 is 1.81 bits per heavy atom. The molecule has 1 fully saturated rings. The molecule has 5 nitrogen and oxygen atoms in total. The van der Waals surface area contributed by atoms with Crippen molar-refractivity contribution in [2.24, 2.45) is 5.92 Å². The Morgan fingerprint density at radius 3 is 2.50 bits per heavy atom. The van der Waals surface area contributed by atoms with Crippen LogP contribution in [0.25, 0.3) is 0 Å². The molecule has 1 saturated heterocycles. The molecule has 36 heavy (non-hydrogen) atoms. The Balaban J connectivity index is 1.35. The van der Waals surface area contributed by atoms with Crippen molar-refractivity contribution in [3.8, 4) is 17.6 Å². The largest absolute Gasteiger partial charge is 0.493 e. The lowest BCUT2D eigenvalue weighted by molar-refractivity contribution is 0.0497. The van der Waals surface area contributed by atoms with Crippen molar-refractivity contribution in [1.82, 2.24) is 9.47 Å². The Kier molecular flexibility index (Phi) is 9.00. The molecule has 0 aliphatic carbocycles. The van der Waals surface area contributed by atoms with Gasteiger partial charge in [0.25, 0.3) is 5.56 Å². The van der Waals surface area contributed by atoms with Gasteiger partial charge in [-0.3, -0.25) is 9.69 Å². The van der Waals surface area contributed by atoms with Crippen molar-refractivity contribution in [3.63, 3.8) is 0 Å². The smallest absolute Gasteiger partial charge is 0.254 e. The maximum Gasteiger partial charge on any atom is 0.254 e. The van der Waals surface area contributed by atoms with Crippen LogP contribution < -0.4 is 10.3 Å². The summed E-state index contributed by atoms with van der Waals surface area (Å²) in [5.41, 5.74) is 4.17. The first-order valence-corrected chi connectivity index (χ1v) is 12.7. The molecular formula is C31H36N2O3. The fourth-order valence-corrected chi connectivity index (χ4v) is 4.61. The van der Waals surface area contributed by atoms with Gasteiger partial charge in [-0.2, -0.15) is 0 Å². The number of nitrogens with zero attached hydrogens (tertiary/aromatic N) is 2. The van der Waals surface area contributed by atoms with Gasteiger partial charge in [-0.05, 0) is 69.0 Å². The van der Waals surface area contributed by atoms with Crippen LogP contribution in [0.4, 0.5) is 0 Å². The van der Waals surface area contributed by atoms with E-state index in [9.17, 15) is 4.79 Å². The highest BCUT2D eigenvalue weighted by Crippen LogP contribution is 2.22. The normalized spacial score (nSPS) is 14.8. The Labute approximate surface area is 214 Å². The molecule has 0 unspecified atom stereocenters. The van der Waals surface area contributed by atoms with Gasteiger partial charge in [0.2, 0.25) is 0 Å². The summed E-state index contributed by atoms with van der Waals surface area (Å²) in [5, 5.41) is 0. The fraction of sp³-hybridized carbons (Fsp3) is 0.387. The molecule has 0 N–H and O–H groups in total. The SMILES string of the molecule is Cc1cc(OCC2CCOCC2)cc(=O)n1[C@H](C)c1ccc(C#CCN(C)Cc2ccccc2)cc1. The lowest BCUT2D eigenvalue weighted by Gasteiger charge is -2.23. The van der Waals surface area contributed by atoms with Gasteiger partial charge in [0.05, 0.1) is 19.2 Å². The first-order valence-electron chi connectivity index (χ1n) is 12.7. The van der Waals surface area contributed by atoms with E-state index in [2.05, 4.69) is 67.1 Å². The molecule has 4 rings (SSSR count). The van der Waals surface area contributed by atoms with E-state index in [4.69, 9.17) is 9.47 Å². The third-order valence-electron chi connectivity index (χ3n) is 6.72. The molecule has 0 amide bonds. The second-order valence-electron chi connectivity index (χ2n) is 9.67. The van der Waals surface area contributed by atoms with Gasteiger partial charge in [0, 0.05) is 37.1 Å². The zero-order chi connectivity index (χ0) is 25.3. The maximum atomic E-state index is 13.0. The van der Waals surface area contributed by atoms with Crippen LogP contribution in [0.1, 0.15) is 48.2 Å². The molecule has 188 valence electrons. The van der Waals surface area contributed by atoms with Gasteiger partial charge < -0.3 is 14.0 Å². The quantitative estimate of drug-likeness (QED) is 0.420. The molecule has 0 bridgehead atoms. The highest BCUT2D eigenvalue weighted by molar-refractivity contribution is 5.37. The summed E-state index contributed by atoms with van der Waals surface area (Å²) in [7, 11) is 2.08. The van der Waals surface area contributed by atoms with Gasteiger partial charge in [-0.15, -0.1) is 0 Å². The lowest BCUT2D eigenvalue weighted by Crippen LogP contribution is -2.26. The van der Waals surface area contributed by atoms with E-state index >= 15 is 0 Å². The number of ether oxygens (including phenoxy) is 2. The highest BCUT2D eigenvalue weighted by Gasteiger charge is 2.16. The summed E-state index contributed by atoms with van der Waals surface area (Å²) in [5.74, 6) is 7.66. The monoisotopic (exact) mass is 484 g/mol. The minimum atomic E-state index is -0.0824. The maximum absolute atomic E-state index is 13.0. The molecule has 1 atom stereocenters. The number of pyridine rings is 1. The van der Waals surface area contributed by atoms with Gasteiger partial charge >= 0.3 is 0 Å². The van der Waals surface area contributed by atoms with Crippen molar-refractivity contribution in [3.05, 3.63) is 99.5 Å². The van der Waals surface area contributed by atoms with E-state index in [0.29, 0.717) is 24.8 Å². The second kappa shape index (κ2) is 12.6. The molecule has 0 saturated carbocycles. The van der Waals surface area contributed by atoms with Gasteiger partial charge in [0.1, 0.15) is 5.75 Å². The topological polar surface area (TPSA) is 43.7 Å². The second-order valence-corrected chi connectivity index (χ2v) is 9.67. The number of aromatic nitrogens is 1. The molecule has 5 heteroatoms. The van der Waals surface area contributed by atoms with Crippen LogP contribution in [0.15, 0.2) is 71.5 Å². The predicted molar refractivity (Wildman–Crippen MR) is 144 cm³/mol. The van der Waals surface area contributed by atoms with Gasteiger partial charge in [-0.25, -0.2) is 0 Å². The standard InChI is InChI=1S/C31H36N2O3/c1-24-20-30(36-23-28-15-18-35-19-16-28)21-31(34)33(24)25(2)29-13-11-26(12-14-29)10-7-17-32(3)22-27-8-5-4-6-9-27/h4-6,8-9,11-14,20-21,25,28H,15-19,22-23H2,1-3H3/t25-/m1/s1. The van der Waals surface area contributed by atoms with E-state index in [1.807, 2.05) is 35.8 Å². The fourth-order valence-electron chi connectivity index (χ4n) is 4.61. The van der Waals surface area contributed by atoms with Crippen LogP contribution in [0.2, 0.25) is 0 Å². The predicted octanol–water partition coefficient (Wildman–Crippen LogP) is 5.05. The van der Waals surface area contributed by atoms with Crippen LogP contribution in [0, 0.1) is 24.7 Å². The number of benzene rings is 2. The summed E-state index contributed by atoms with van der Waals surface area (Å²) in [6, 6.07) is 22.1. The van der Waals surface area contributed by atoms with Crippen molar-refractivity contribution >= 4 is 0 Å². The van der Waals surface area contributed by atoms with Crippen molar-refractivity contribution in [1.29, 1.82) is 0 Å². The zero-order valence-electron chi connectivity index (χ0n) is 21.6. The molecule has 3 aromatic rings. The summed E-state index contributed by atoms with van der Waals surface area (Å²) in [4.78, 5) is 15.2. The number of hydrogen-bond acceptors (Lipinski definition) is 4. The molecule has 1 aliphatic rings. The van der Waals surface area contributed by atoms with Crippen LogP contribution in [-0.4, -0.2) is 42.9 Å². The number of rotatable bonds is 8. The van der Waals surface area contributed by atoms with E-state index in [0.717, 1.165) is 49.4 Å². The summed E-state index contributed by atoms with van der Waals surface area (Å²) in [6.07, 6.45) is 2.02. The zero-order valence-corrected chi connectivity index (χ0v) is 21.6. The molecule has 0 spiro atoms. The minimum Gasteiger partial charge on any atom is -0.493 e. The third kappa shape index (κ3) is 7.10. The molecule has 2 heterocycles. The average Bonchev–Trinajstić information content (AvgIpc) is 2.88. The van der Waals surface area contributed by atoms with Crippen LogP contribution >= 0.6 is 0 Å². The van der Waals surface area contributed by atoms with Crippen molar-refractivity contribution in [2.45, 2.75) is 39.3 Å². The molecule has 1 aliphatic heterocycles. The van der Waals surface area contributed by atoms with Gasteiger partial charge in [-0.1, -0.05) is 54.3 Å². The Bertz CT molecular complexity index is 1230. The Hall–Kier alpha value is -3.33. The van der Waals surface area contributed by atoms with Crippen molar-refractivity contribution < 1.29 is 9.47 Å². The van der Waals surface area contributed by atoms with E-state index in [-0.39, 0.29) is 11.6 Å². The lowest BCUT2D eigenvalue weighted by atomic mass is 10.0. The van der Waals surface area contributed by atoms with E-state index in [1.54, 1.807) is 6.07 Å². The molecular weight excluding hydrogens is 448 g/mol. The summed E-state index contributed by atoms with van der Waals surface area (Å²) in [6.45, 7) is 7.81. The summed E-state index contributed by atoms with van der Waals surface area (Å²) >= 11 is 0. The average molecular weight is 485 g/mol. The van der Waals surface area contributed by atoms with Crippen LogP contribution in [0.5, 0.6) is 5.75 Å². The molecule has 1 aromatic heterocycles.